The van der Waals surface area contributed by atoms with E-state index in [0.29, 0.717) is 11.1 Å². The normalized spacial score (nSPS) is 18.5. The number of carbonyl (C=O) groups excluding carboxylic acids is 3. The second-order valence-corrected chi connectivity index (χ2v) is 20.5. The number of aryl methyl sites for hydroxylation is 2. The molecule has 44 heavy (non-hydrogen) atoms. The molecule has 2 aliphatic heterocycles. The molecular formula is C36H47NO3S3Si. The Bertz CT molecular complexity index is 1560. The summed E-state index contributed by atoms with van der Waals surface area (Å²) in [6.07, 6.45) is 11.3. The summed E-state index contributed by atoms with van der Waals surface area (Å²) in [6, 6.07) is 7.60. The first-order valence-corrected chi connectivity index (χ1v) is 21.4. The molecule has 4 nitrogen and oxygen atoms in total. The molecule has 0 spiro atoms. The number of unbranched alkanes of at least 4 members (excludes halogenated alkanes) is 2. The third-order valence-electron chi connectivity index (χ3n) is 9.95. The lowest BCUT2D eigenvalue weighted by atomic mass is 10.0. The van der Waals surface area contributed by atoms with E-state index >= 15 is 0 Å². The summed E-state index contributed by atoms with van der Waals surface area (Å²) in [7, 11) is -2.12. The van der Waals surface area contributed by atoms with Crippen LogP contribution in [0.15, 0.2) is 24.8 Å². The number of rotatable bonds is 16. The second-order valence-electron chi connectivity index (χ2n) is 12.9. The molecular weight excluding hydrogens is 619 g/mol. The van der Waals surface area contributed by atoms with Gasteiger partial charge in [-0.1, -0.05) is 85.6 Å². The van der Waals surface area contributed by atoms with Gasteiger partial charge in [-0.2, -0.15) is 0 Å². The Labute approximate surface area is 276 Å². The molecule has 8 heteroatoms. The van der Waals surface area contributed by atoms with Crippen LogP contribution >= 0.6 is 34.0 Å². The first kappa shape index (κ1) is 33.2. The van der Waals surface area contributed by atoms with E-state index in [4.69, 9.17) is 0 Å². The minimum atomic E-state index is -2.12. The first-order valence-electron chi connectivity index (χ1n) is 16.5. The van der Waals surface area contributed by atoms with Gasteiger partial charge in [0, 0.05) is 24.4 Å². The largest absolute Gasteiger partial charge is 0.293 e. The summed E-state index contributed by atoms with van der Waals surface area (Å²) in [5.74, 6) is 0.411. The van der Waals surface area contributed by atoms with E-state index in [2.05, 4.69) is 53.3 Å². The molecule has 0 aliphatic carbocycles. The topological polar surface area (TPSA) is 54.5 Å². The molecule has 2 aliphatic rings. The summed E-state index contributed by atoms with van der Waals surface area (Å²) < 4.78 is 0. The van der Waals surface area contributed by atoms with Gasteiger partial charge in [-0.3, -0.25) is 19.3 Å². The van der Waals surface area contributed by atoms with Crippen molar-refractivity contribution in [3.05, 3.63) is 45.7 Å². The number of hydrogen-bond acceptors (Lipinski definition) is 6. The van der Waals surface area contributed by atoms with Crippen molar-refractivity contribution in [2.45, 2.75) is 105 Å². The fourth-order valence-electron chi connectivity index (χ4n) is 7.51. The van der Waals surface area contributed by atoms with Crippen molar-refractivity contribution in [3.8, 4) is 19.5 Å². The summed E-state index contributed by atoms with van der Waals surface area (Å²) in [5.41, 5.74) is 0.973. The molecule has 0 N–H and O–H groups in total. The smallest absolute Gasteiger partial charge is 0.263 e. The molecule has 0 fully saturated rings. The number of carbonyl (C=O) groups is 3. The predicted molar refractivity (Wildman–Crippen MR) is 192 cm³/mol. The van der Waals surface area contributed by atoms with Crippen molar-refractivity contribution in [1.82, 2.24) is 4.90 Å². The fraction of sp³-hybridized carbons (Fsp3) is 0.528. The highest BCUT2D eigenvalue weighted by Gasteiger charge is 2.50. The molecule has 3 aromatic heterocycles. The van der Waals surface area contributed by atoms with Gasteiger partial charge in [0.25, 0.3) is 11.8 Å². The van der Waals surface area contributed by atoms with Crippen LogP contribution in [0.2, 0.25) is 12.1 Å². The van der Waals surface area contributed by atoms with Crippen molar-refractivity contribution in [3.63, 3.8) is 0 Å². The molecule has 2 unspecified atom stereocenters. The van der Waals surface area contributed by atoms with E-state index in [1.165, 1.54) is 84.2 Å². The zero-order valence-electron chi connectivity index (χ0n) is 27.3. The molecule has 0 aromatic carbocycles. The third kappa shape index (κ3) is 5.80. The molecule has 5 rings (SSSR count). The van der Waals surface area contributed by atoms with Gasteiger partial charge in [0.15, 0.2) is 5.78 Å². The molecule has 2 atom stereocenters. The lowest BCUT2D eigenvalue weighted by Crippen LogP contribution is -2.56. The average Bonchev–Trinajstić information content (AvgIpc) is 3.79. The first-order chi connectivity index (χ1) is 21.1. The molecule has 0 saturated carbocycles. The summed E-state index contributed by atoms with van der Waals surface area (Å²) in [4.78, 5) is 47.5. The van der Waals surface area contributed by atoms with Crippen LogP contribution in [0.25, 0.3) is 19.5 Å². The van der Waals surface area contributed by atoms with E-state index in [1.807, 2.05) is 29.6 Å². The third-order valence-corrected chi connectivity index (χ3v) is 19.4. The Hall–Kier alpha value is -2.13. The van der Waals surface area contributed by atoms with Crippen LogP contribution in [-0.4, -0.2) is 37.1 Å². The van der Waals surface area contributed by atoms with Gasteiger partial charge in [-0.05, 0) is 66.4 Å². The van der Waals surface area contributed by atoms with E-state index < -0.39 is 8.07 Å². The number of fused-ring (bicyclic) bond motifs is 4. The van der Waals surface area contributed by atoms with E-state index in [1.54, 1.807) is 21.7 Å². The van der Waals surface area contributed by atoms with Crippen LogP contribution in [0.3, 0.4) is 0 Å². The van der Waals surface area contributed by atoms with Gasteiger partial charge in [0.2, 0.25) is 0 Å². The van der Waals surface area contributed by atoms with Crippen LogP contribution in [0.4, 0.5) is 0 Å². The second kappa shape index (κ2) is 13.7. The molecule has 2 amide bonds. The zero-order valence-corrected chi connectivity index (χ0v) is 30.7. The average molecular weight is 666 g/mol. The van der Waals surface area contributed by atoms with E-state index in [0.717, 1.165) is 31.4 Å². The number of ketones is 1. The number of amides is 2. The standard InChI is InChI=1S/C36H47NO3S3Si/c1-8-13-15-24(10-3)20-44(21-25(11-4)16-14-9-2)28-17-22(6)41-33(28)34-29(44)18-27(43-34)32-31-30(23(7)42-32)35(39)37(36(31)40)19-26(38)12-5/h12,17-18,24-25H,5,8-11,13-16,19-21H2,1-4,6-7H3. The van der Waals surface area contributed by atoms with Crippen molar-refractivity contribution < 1.29 is 14.4 Å². The molecule has 0 saturated heterocycles. The Kier molecular flexibility index (Phi) is 10.3. The Morgan fingerprint density at radius 1 is 0.841 bits per heavy atom. The van der Waals surface area contributed by atoms with Crippen molar-refractivity contribution in [1.29, 1.82) is 0 Å². The van der Waals surface area contributed by atoms with Gasteiger partial charge < -0.3 is 0 Å². The molecule has 0 radical (unpaired) electrons. The van der Waals surface area contributed by atoms with Gasteiger partial charge >= 0.3 is 0 Å². The maximum absolute atomic E-state index is 13.7. The Balaban J connectivity index is 1.65. The zero-order chi connectivity index (χ0) is 31.8. The minimum absolute atomic E-state index is 0.249. The monoisotopic (exact) mass is 665 g/mol. The van der Waals surface area contributed by atoms with Crippen LogP contribution < -0.4 is 10.4 Å². The lowest BCUT2D eigenvalue weighted by Gasteiger charge is -2.35. The van der Waals surface area contributed by atoms with Crippen LogP contribution in [0.5, 0.6) is 0 Å². The lowest BCUT2D eigenvalue weighted by molar-refractivity contribution is -0.114. The van der Waals surface area contributed by atoms with Crippen LogP contribution in [0, 0.1) is 25.7 Å². The molecule has 5 heterocycles. The molecule has 0 bridgehead atoms. The van der Waals surface area contributed by atoms with Gasteiger partial charge in [-0.15, -0.1) is 34.0 Å². The quantitative estimate of drug-likeness (QED) is 0.0870. The van der Waals surface area contributed by atoms with E-state index in [9.17, 15) is 14.4 Å². The van der Waals surface area contributed by atoms with Gasteiger partial charge in [0.05, 0.1) is 22.5 Å². The number of imide groups is 1. The Morgan fingerprint density at radius 2 is 1.41 bits per heavy atom. The highest BCUT2D eigenvalue weighted by Crippen LogP contribution is 2.50. The van der Waals surface area contributed by atoms with Gasteiger partial charge in [-0.25, -0.2) is 0 Å². The maximum atomic E-state index is 13.7. The fourth-order valence-corrected chi connectivity index (χ4v) is 19.1. The molecule has 3 aromatic rings. The number of thiophene rings is 3. The summed E-state index contributed by atoms with van der Waals surface area (Å²) >= 11 is 5.34. The Morgan fingerprint density at radius 3 is 1.98 bits per heavy atom. The SMILES string of the molecule is C=CC(=O)CN1C(=O)c2c(C)sc(-c3cc4c(s3)-c3sc(C)cc3[Si]4(CC(CC)CCCC)CC(CC)CCCC)c2C1=O. The van der Waals surface area contributed by atoms with Crippen molar-refractivity contribution >= 4 is 70.1 Å². The predicted octanol–water partition coefficient (Wildman–Crippen LogP) is 9.48. The van der Waals surface area contributed by atoms with Crippen LogP contribution in [-0.2, 0) is 4.79 Å². The van der Waals surface area contributed by atoms with E-state index in [-0.39, 0.29) is 24.1 Å². The van der Waals surface area contributed by atoms with Crippen molar-refractivity contribution in [2.24, 2.45) is 11.8 Å². The maximum Gasteiger partial charge on any atom is 0.263 e. The number of nitrogens with zero attached hydrogens (tertiary/aromatic N) is 1. The summed E-state index contributed by atoms with van der Waals surface area (Å²) in [6.45, 7) is 16.8. The minimum Gasteiger partial charge on any atom is -0.293 e. The highest BCUT2D eigenvalue weighted by atomic mass is 32.1. The number of hydrogen-bond donors (Lipinski definition) is 0. The molecule has 236 valence electrons. The van der Waals surface area contributed by atoms with Crippen LogP contribution in [0.1, 0.15) is 110 Å². The summed E-state index contributed by atoms with van der Waals surface area (Å²) in [5, 5.41) is 3.25. The van der Waals surface area contributed by atoms with Crippen molar-refractivity contribution in [2.75, 3.05) is 6.54 Å². The highest BCUT2D eigenvalue weighted by molar-refractivity contribution is 7.32. The van der Waals surface area contributed by atoms with Gasteiger partial charge in [0.1, 0.15) is 8.07 Å².